The van der Waals surface area contributed by atoms with Gasteiger partial charge in [-0.3, -0.25) is 0 Å². The zero-order valence-corrected chi connectivity index (χ0v) is 10.7. The molecule has 0 bridgehead atoms. The van der Waals surface area contributed by atoms with E-state index in [2.05, 4.69) is 5.32 Å². The molecule has 1 N–H and O–H groups in total. The number of unbranched alkanes of at least 4 members (excludes halogenated alkanes) is 1. The molecule has 0 rings (SSSR count). The van der Waals surface area contributed by atoms with E-state index in [1.54, 1.807) is 6.92 Å². The molecule has 16 heavy (non-hydrogen) atoms. The van der Waals surface area contributed by atoms with Crippen molar-refractivity contribution in [1.82, 2.24) is 5.32 Å². The normalized spacial score (nSPS) is 13.7. The maximum atomic E-state index is 11.1. The van der Waals surface area contributed by atoms with Crippen molar-refractivity contribution in [2.75, 3.05) is 12.9 Å². The Hall–Kier alpha value is -1.04. The molecule has 0 heterocycles. The summed E-state index contributed by atoms with van der Waals surface area (Å²) in [6, 6.07) is -0.371. The second-order valence-corrected chi connectivity index (χ2v) is 5.51. The number of ether oxygens (including phenoxy) is 1. The second kappa shape index (κ2) is 7.27. The Morgan fingerprint density at radius 2 is 2.12 bits per heavy atom. The van der Waals surface area contributed by atoms with Crippen LogP contribution in [0.3, 0.4) is 0 Å². The van der Waals surface area contributed by atoms with E-state index in [9.17, 15) is 13.2 Å². The lowest BCUT2D eigenvalue weighted by molar-refractivity contribution is 0.143. The Balaban J connectivity index is 3.91. The lowest BCUT2D eigenvalue weighted by Crippen LogP contribution is -2.32. The SMILES string of the molecule is CCCCOC(=O)N[C@H](C)/C=C/S(C)(=O)=O. The molecule has 0 aliphatic carbocycles. The van der Waals surface area contributed by atoms with Crippen LogP contribution in [0.1, 0.15) is 26.7 Å². The van der Waals surface area contributed by atoms with Gasteiger partial charge in [-0.25, -0.2) is 13.2 Å². The maximum absolute atomic E-state index is 11.1. The monoisotopic (exact) mass is 249 g/mol. The summed E-state index contributed by atoms with van der Waals surface area (Å²) in [7, 11) is -3.15. The van der Waals surface area contributed by atoms with Crippen LogP contribution in [0.25, 0.3) is 0 Å². The minimum atomic E-state index is -3.15. The Labute approximate surface area is 96.8 Å². The number of alkyl carbamates (subject to hydrolysis) is 1. The minimum Gasteiger partial charge on any atom is -0.450 e. The van der Waals surface area contributed by atoms with Crippen LogP contribution in [-0.2, 0) is 14.6 Å². The van der Waals surface area contributed by atoms with Gasteiger partial charge in [-0.05, 0) is 13.3 Å². The molecule has 1 amide bonds. The summed E-state index contributed by atoms with van der Waals surface area (Å²) < 4.78 is 26.5. The Bertz CT molecular complexity index is 335. The number of hydrogen-bond donors (Lipinski definition) is 1. The third-order valence-electron chi connectivity index (χ3n) is 1.69. The van der Waals surface area contributed by atoms with Gasteiger partial charge in [0.25, 0.3) is 0 Å². The number of amides is 1. The third kappa shape index (κ3) is 9.51. The van der Waals surface area contributed by atoms with Crippen molar-refractivity contribution in [3.8, 4) is 0 Å². The van der Waals surface area contributed by atoms with Crippen LogP contribution >= 0.6 is 0 Å². The summed E-state index contributed by atoms with van der Waals surface area (Å²) in [5, 5.41) is 3.56. The summed E-state index contributed by atoms with van der Waals surface area (Å²) in [6.07, 6.45) is 3.74. The highest BCUT2D eigenvalue weighted by atomic mass is 32.2. The fourth-order valence-electron chi connectivity index (χ4n) is 0.845. The van der Waals surface area contributed by atoms with Crippen molar-refractivity contribution in [1.29, 1.82) is 0 Å². The van der Waals surface area contributed by atoms with Crippen LogP contribution in [0, 0.1) is 0 Å². The van der Waals surface area contributed by atoms with Crippen LogP contribution in [0.15, 0.2) is 11.5 Å². The van der Waals surface area contributed by atoms with Crippen LogP contribution < -0.4 is 5.32 Å². The molecule has 0 spiro atoms. The van der Waals surface area contributed by atoms with Gasteiger partial charge < -0.3 is 10.1 Å². The fraction of sp³-hybridized carbons (Fsp3) is 0.700. The first-order chi connectivity index (χ1) is 7.35. The van der Waals surface area contributed by atoms with Gasteiger partial charge in [0.15, 0.2) is 9.84 Å². The van der Waals surface area contributed by atoms with E-state index in [-0.39, 0.29) is 6.04 Å². The van der Waals surface area contributed by atoms with Crippen molar-refractivity contribution >= 4 is 15.9 Å². The first-order valence-corrected chi connectivity index (χ1v) is 7.12. The van der Waals surface area contributed by atoms with Gasteiger partial charge in [0.2, 0.25) is 0 Å². The molecule has 6 heteroatoms. The molecule has 0 saturated heterocycles. The number of carbonyl (C=O) groups is 1. The number of hydrogen-bond acceptors (Lipinski definition) is 4. The van der Waals surface area contributed by atoms with Gasteiger partial charge in [-0.1, -0.05) is 19.4 Å². The van der Waals surface area contributed by atoms with Crippen LogP contribution in [-0.4, -0.2) is 33.4 Å². The maximum Gasteiger partial charge on any atom is 0.407 e. The molecule has 0 fully saturated rings. The smallest absolute Gasteiger partial charge is 0.407 e. The quantitative estimate of drug-likeness (QED) is 0.723. The lowest BCUT2D eigenvalue weighted by Gasteiger charge is -2.09. The molecule has 0 aliphatic rings. The molecule has 0 unspecified atom stereocenters. The van der Waals surface area contributed by atoms with Gasteiger partial charge in [0.05, 0.1) is 6.61 Å². The van der Waals surface area contributed by atoms with Crippen LogP contribution in [0.4, 0.5) is 4.79 Å². The standard InChI is InChI=1S/C10H19NO4S/c1-4-5-7-15-10(12)11-9(2)6-8-16(3,13)14/h6,8-9H,4-5,7H2,1-3H3,(H,11,12)/b8-6+/t9-/m1/s1. The molecule has 0 saturated carbocycles. The molecule has 5 nitrogen and oxygen atoms in total. The van der Waals surface area contributed by atoms with Crippen molar-refractivity contribution in [2.45, 2.75) is 32.7 Å². The number of sulfone groups is 1. The van der Waals surface area contributed by atoms with Crippen molar-refractivity contribution in [3.05, 3.63) is 11.5 Å². The third-order valence-corrected chi connectivity index (χ3v) is 2.34. The molecule has 0 aromatic carbocycles. The highest BCUT2D eigenvalue weighted by Gasteiger charge is 2.05. The van der Waals surface area contributed by atoms with Crippen LogP contribution in [0.5, 0.6) is 0 Å². The van der Waals surface area contributed by atoms with Gasteiger partial charge in [0.1, 0.15) is 0 Å². The van der Waals surface area contributed by atoms with E-state index in [0.717, 1.165) is 24.5 Å². The van der Waals surface area contributed by atoms with E-state index >= 15 is 0 Å². The molecular formula is C10H19NO4S. The molecular weight excluding hydrogens is 230 g/mol. The van der Waals surface area contributed by atoms with Gasteiger partial charge >= 0.3 is 6.09 Å². The number of nitrogens with one attached hydrogen (secondary N) is 1. The molecule has 0 aromatic rings. The van der Waals surface area contributed by atoms with E-state index in [1.807, 2.05) is 6.92 Å². The highest BCUT2D eigenvalue weighted by molar-refractivity contribution is 7.93. The van der Waals surface area contributed by atoms with E-state index in [4.69, 9.17) is 4.74 Å². The average molecular weight is 249 g/mol. The molecule has 94 valence electrons. The van der Waals surface area contributed by atoms with Crippen LogP contribution in [0.2, 0.25) is 0 Å². The zero-order valence-electron chi connectivity index (χ0n) is 9.89. The summed E-state index contributed by atoms with van der Waals surface area (Å²) in [6.45, 7) is 4.05. The molecule has 0 aromatic heterocycles. The topological polar surface area (TPSA) is 72.5 Å². The van der Waals surface area contributed by atoms with Gasteiger partial charge in [-0.15, -0.1) is 0 Å². The highest BCUT2D eigenvalue weighted by Crippen LogP contribution is 1.93. The number of carbonyl (C=O) groups excluding carboxylic acids is 1. The van der Waals surface area contributed by atoms with Crippen molar-refractivity contribution in [3.63, 3.8) is 0 Å². The van der Waals surface area contributed by atoms with E-state index < -0.39 is 15.9 Å². The predicted octanol–water partition coefficient (Wildman–Crippen LogP) is 1.46. The molecule has 1 atom stereocenters. The Kier molecular flexibility index (Phi) is 6.80. The predicted molar refractivity (Wildman–Crippen MR) is 62.8 cm³/mol. The summed E-state index contributed by atoms with van der Waals surface area (Å²) >= 11 is 0. The summed E-state index contributed by atoms with van der Waals surface area (Å²) in [5.41, 5.74) is 0. The Morgan fingerprint density at radius 3 is 2.62 bits per heavy atom. The first-order valence-electron chi connectivity index (χ1n) is 5.16. The average Bonchev–Trinajstić information content (AvgIpc) is 2.14. The van der Waals surface area contributed by atoms with Gasteiger partial charge in [-0.2, -0.15) is 0 Å². The minimum absolute atomic E-state index is 0.371. The number of rotatable bonds is 6. The van der Waals surface area contributed by atoms with E-state index in [1.165, 1.54) is 6.08 Å². The molecule has 0 aliphatic heterocycles. The molecule has 0 radical (unpaired) electrons. The van der Waals surface area contributed by atoms with Crippen molar-refractivity contribution in [2.24, 2.45) is 0 Å². The van der Waals surface area contributed by atoms with Gasteiger partial charge in [0, 0.05) is 17.7 Å². The second-order valence-electron chi connectivity index (χ2n) is 3.58. The summed E-state index contributed by atoms with van der Waals surface area (Å²) in [5.74, 6) is 0. The van der Waals surface area contributed by atoms with E-state index in [0.29, 0.717) is 6.61 Å². The lowest BCUT2D eigenvalue weighted by atomic mass is 10.3. The zero-order chi connectivity index (χ0) is 12.6. The fourth-order valence-corrected chi connectivity index (χ4v) is 1.37. The largest absolute Gasteiger partial charge is 0.450 e. The van der Waals surface area contributed by atoms with Crippen molar-refractivity contribution < 1.29 is 17.9 Å². The first kappa shape index (κ1) is 15.0. The summed E-state index contributed by atoms with van der Waals surface area (Å²) in [4.78, 5) is 11.1. The Morgan fingerprint density at radius 1 is 1.50 bits per heavy atom.